The average Bonchev–Trinajstić information content (AvgIpc) is 2.88. The van der Waals surface area contributed by atoms with E-state index in [0.717, 1.165) is 12.8 Å². The predicted molar refractivity (Wildman–Crippen MR) is 87.2 cm³/mol. The Kier molecular flexibility index (Phi) is 2.12. The Bertz CT molecular complexity index is 877. The Morgan fingerprint density at radius 1 is 0.571 bits per heavy atom. The molecule has 21 heavy (non-hydrogen) atoms. The van der Waals surface area contributed by atoms with Crippen molar-refractivity contribution in [2.75, 3.05) is 5.32 Å². The number of benzene rings is 3. The highest BCUT2D eigenvalue weighted by molar-refractivity contribution is 5.83. The van der Waals surface area contributed by atoms with E-state index in [0.29, 0.717) is 0 Å². The van der Waals surface area contributed by atoms with E-state index in [1.165, 1.54) is 44.8 Å². The summed E-state index contributed by atoms with van der Waals surface area (Å²) in [7, 11) is 0. The summed E-state index contributed by atoms with van der Waals surface area (Å²) in [6.45, 7) is 0. The molecule has 0 saturated carbocycles. The number of rotatable bonds is 0. The van der Waals surface area contributed by atoms with Crippen LogP contribution in [-0.4, -0.2) is 0 Å². The number of para-hydroxylation sites is 1. The zero-order valence-corrected chi connectivity index (χ0v) is 11.7. The minimum atomic E-state index is 1.02. The average molecular weight is 269 g/mol. The van der Waals surface area contributed by atoms with E-state index in [2.05, 4.69) is 66.0 Å². The fraction of sp³-hybridized carbons (Fsp3) is 0.100. The van der Waals surface area contributed by atoms with Gasteiger partial charge in [-0.1, -0.05) is 42.5 Å². The number of fused-ring (bicyclic) bond motifs is 5. The van der Waals surface area contributed by atoms with Crippen LogP contribution in [0.15, 0.2) is 60.7 Å². The molecule has 1 heteroatoms. The normalized spacial score (nSPS) is 13.7. The third-order valence-electron chi connectivity index (χ3n) is 4.69. The van der Waals surface area contributed by atoms with Crippen LogP contribution in [-0.2, 0) is 12.8 Å². The Hall–Kier alpha value is -2.54. The molecule has 0 atom stereocenters. The van der Waals surface area contributed by atoms with E-state index in [9.17, 15) is 0 Å². The van der Waals surface area contributed by atoms with Crippen LogP contribution in [0.25, 0.3) is 11.1 Å². The van der Waals surface area contributed by atoms with Gasteiger partial charge in [0.1, 0.15) is 0 Å². The number of hydrogen-bond donors (Lipinski definition) is 1. The van der Waals surface area contributed by atoms with Crippen LogP contribution in [0.2, 0.25) is 0 Å². The summed E-state index contributed by atoms with van der Waals surface area (Å²) in [6, 6.07) is 22.1. The molecule has 3 aromatic carbocycles. The molecule has 0 saturated heterocycles. The molecule has 0 bridgehead atoms. The third-order valence-corrected chi connectivity index (χ3v) is 4.69. The molecular weight excluding hydrogens is 254 g/mol. The fourth-order valence-corrected chi connectivity index (χ4v) is 3.64. The van der Waals surface area contributed by atoms with Gasteiger partial charge in [0, 0.05) is 17.8 Å². The van der Waals surface area contributed by atoms with Gasteiger partial charge >= 0.3 is 0 Å². The van der Waals surface area contributed by atoms with Crippen molar-refractivity contribution < 1.29 is 0 Å². The molecule has 100 valence electrons. The summed E-state index contributed by atoms with van der Waals surface area (Å²) in [5, 5.41) is 3.60. The Morgan fingerprint density at radius 2 is 1.33 bits per heavy atom. The van der Waals surface area contributed by atoms with Gasteiger partial charge in [-0.2, -0.15) is 0 Å². The van der Waals surface area contributed by atoms with Gasteiger partial charge < -0.3 is 5.32 Å². The Labute approximate surface area is 124 Å². The number of hydrogen-bond acceptors (Lipinski definition) is 1. The van der Waals surface area contributed by atoms with E-state index in [-0.39, 0.29) is 0 Å². The van der Waals surface area contributed by atoms with Gasteiger partial charge in [-0.3, -0.25) is 0 Å². The predicted octanol–water partition coefficient (Wildman–Crippen LogP) is 4.91. The number of anilines is 2. The van der Waals surface area contributed by atoms with E-state index in [1.54, 1.807) is 0 Å². The summed E-state index contributed by atoms with van der Waals surface area (Å²) >= 11 is 0. The van der Waals surface area contributed by atoms with Gasteiger partial charge in [-0.05, 0) is 58.0 Å². The molecule has 3 aromatic rings. The maximum atomic E-state index is 3.60. The fourth-order valence-electron chi connectivity index (χ4n) is 3.64. The first-order valence-corrected chi connectivity index (χ1v) is 7.47. The molecule has 1 aliphatic carbocycles. The van der Waals surface area contributed by atoms with Gasteiger partial charge in [0.2, 0.25) is 0 Å². The Morgan fingerprint density at radius 3 is 2.29 bits per heavy atom. The quantitative estimate of drug-likeness (QED) is 0.421. The van der Waals surface area contributed by atoms with Gasteiger partial charge in [-0.25, -0.2) is 0 Å². The molecular formula is C20H15N. The lowest BCUT2D eigenvalue weighted by Gasteiger charge is -2.22. The van der Waals surface area contributed by atoms with Crippen LogP contribution in [0.4, 0.5) is 11.4 Å². The zero-order valence-electron chi connectivity index (χ0n) is 11.7. The van der Waals surface area contributed by atoms with Crippen LogP contribution < -0.4 is 5.32 Å². The van der Waals surface area contributed by atoms with E-state index in [1.807, 2.05) is 0 Å². The topological polar surface area (TPSA) is 12.0 Å². The van der Waals surface area contributed by atoms with Crippen molar-refractivity contribution in [3.8, 4) is 11.1 Å². The standard InChI is InChI=1S/C20H15N/c1-3-7-17-13(5-1)9-15-12-20-16(11-18(15)17)10-14-6-2-4-8-19(14)21-20/h1-8,11-12,21H,9-10H2. The highest BCUT2D eigenvalue weighted by Crippen LogP contribution is 2.42. The van der Waals surface area contributed by atoms with Crippen LogP contribution in [0.5, 0.6) is 0 Å². The first-order chi connectivity index (χ1) is 10.4. The molecule has 5 rings (SSSR count). The van der Waals surface area contributed by atoms with Crippen LogP contribution >= 0.6 is 0 Å². The molecule has 0 aromatic heterocycles. The molecule has 1 heterocycles. The summed E-state index contributed by atoms with van der Waals surface area (Å²) in [4.78, 5) is 0. The summed E-state index contributed by atoms with van der Waals surface area (Å²) in [5.74, 6) is 0. The molecule has 1 N–H and O–H groups in total. The first kappa shape index (κ1) is 11.2. The maximum absolute atomic E-state index is 3.60. The summed E-state index contributed by atoms with van der Waals surface area (Å²) in [5.41, 5.74) is 11.1. The smallest absolute Gasteiger partial charge is 0.0423 e. The summed E-state index contributed by atoms with van der Waals surface area (Å²) < 4.78 is 0. The monoisotopic (exact) mass is 269 g/mol. The van der Waals surface area contributed by atoms with E-state index >= 15 is 0 Å². The molecule has 0 spiro atoms. The largest absolute Gasteiger partial charge is 0.355 e. The van der Waals surface area contributed by atoms with E-state index < -0.39 is 0 Å². The van der Waals surface area contributed by atoms with Crippen molar-refractivity contribution >= 4 is 11.4 Å². The van der Waals surface area contributed by atoms with Crippen molar-refractivity contribution in [3.63, 3.8) is 0 Å². The number of nitrogens with one attached hydrogen (secondary N) is 1. The minimum Gasteiger partial charge on any atom is -0.355 e. The lowest BCUT2D eigenvalue weighted by atomic mass is 9.93. The van der Waals surface area contributed by atoms with Crippen molar-refractivity contribution in [2.45, 2.75) is 12.8 Å². The van der Waals surface area contributed by atoms with Crippen LogP contribution in [0, 0.1) is 0 Å². The van der Waals surface area contributed by atoms with Gasteiger partial charge in [-0.15, -0.1) is 0 Å². The van der Waals surface area contributed by atoms with Gasteiger partial charge in [0.05, 0.1) is 0 Å². The second-order valence-corrected chi connectivity index (χ2v) is 5.96. The molecule has 1 aliphatic heterocycles. The van der Waals surface area contributed by atoms with E-state index in [4.69, 9.17) is 0 Å². The van der Waals surface area contributed by atoms with Crippen molar-refractivity contribution in [1.82, 2.24) is 0 Å². The molecule has 2 aliphatic rings. The van der Waals surface area contributed by atoms with Crippen molar-refractivity contribution in [1.29, 1.82) is 0 Å². The molecule has 0 radical (unpaired) electrons. The van der Waals surface area contributed by atoms with Crippen molar-refractivity contribution in [2.24, 2.45) is 0 Å². The lowest BCUT2D eigenvalue weighted by molar-refractivity contribution is 1.15. The highest BCUT2D eigenvalue weighted by Gasteiger charge is 2.22. The zero-order chi connectivity index (χ0) is 13.8. The maximum Gasteiger partial charge on any atom is 0.0423 e. The second-order valence-electron chi connectivity index (χ2n) is 5.96. The van der Waals surface area contributed by atoms with Crippen molar-refractivity contribution in [3.05, 3.63) is 82.9 Å². The third kappa shape index (κ3) is 1.58. The molecule has 0 unspecified atom stereocenters. The second kappa shape index (κ2) is 3.98. The first-order valence-electron chi connectivity index (χ1n) is 7.47. The van der Waals surface area contributed by atoms with Gasteiger partial charge in [0.15, 0.2) is 0 Å². The lowest BCUT2D eigenvalue weighted by Crippen LogP contribution is -2.07. The minimum absolute atomic E-state index is 1.02. The Balaban J connectivity index is 1.68. The molecule has 1 nitrogen and oxygen atoms in total. The molecule has 0 amide bonds. The molecule has 0 fully saturated rings. The SMILES string of the molecule is c1ccc2c(c1)Cc1cc3c(cc1N2)Cc1ccccc1-3. The highest BCUT2D eigenvalue weighted by atomic mass is 14.9. The summed E-state index contributed by atoms with van der Waals surface area (Å²) in [6.07, 6.45) is 2.08. The van der Waals surface area contributed by atoms with Crippen LogP contribution in [0.3, 0.4) is 0 Å². The van der Waals surface area contributed by atoms with Crippen LogP contribution in [0.1, 0.15) is 22.3 Å². The van der Waals surface area contributed by atoms with Gasteiger partial charge in [0.25, 0.3) is 0 Å².